The van der Waals surface area contributed by atoms with Crippen LogP contribution in [-0.4, -0.2) is 55.9 Å². The summed E-state index contributed by atoms with van der Waals surface area (Å²) < 4.78 is 5.35. The van der Waals surface area contributed by atoms with Crippen molar-refractivity contribution in [1.29, 1.82) is 0 Å². The molecule has 5 aromatic rings. The lowest BCUT2D eigenvalue weighted by Crippen LogP contribution is -2.52. The SMILES string of the molecule is O=C(CN(C(=O)c1ccc([N+](=O)[O-])cc1)N1C(=O)[C@@H]2C3c4ccccc4C(c4ccccc43)[C@@H]2C1=O)c1ccc(OC(=O)c2ccc([N+](=O)[O-])cc2)cc1. The maximum atomic E-state index is 14.5. The van der Waals surface area contributed by atoms with Gasteiger partial charge in [0.2, 0.25) is 0 Å². The normalized spacial score (nSPS) is 19.0. The summed E-state index contributed by atoms with van der Waals surface area (Å²) in [5.74, 6) is -6.21. The summed E-state index contributed by atoms with van der Waals surface area (Å²) in [4.78, 5) is 90.8. The number of nitrogens with zero attached hydrogens (tertiary/aromatic N) is 4. The molecule has 2 atom stereocenters. The minimum Gasteiger partial charge on any atom is -0.423 e. The number of non-ortho nitro benzene ring substituents is 2. The van der Waals surface area contributed by atoms with Crippen LogP contribution in [0.1, 0.15) is 65.2 Å². The maximum absolute atomic E-state index is 14.5. The Morgan fingerprint density at radius 1 is 0.593 bits per heavy atom. The van der Waals surface area contributed by atoms with Crippen LogP contribution < -0.4 is 4.74 Å². The Morgan fingerprint density at radius 3 is 1.43 bits per heavy atom. The molecule has 0 radical (unpaired) electrons. The van der Waals surface area contributed by atoms with Crippen LogP contribution in [0.5, 0.6) is 5.75 Å². The number of imide groups is 1. The van der Waals surface area contributed by atoms with Gasteiger partial charge in [0.25, 0.3) is 29.1 Å². The lowest BCUT2D eigenvalue weighted by molar-refractivity contribution is -0.385. The van der Waals surface area contributed by atoms with E-state index < -0.39 is 69.5 Å². The quantitative estimate of drug-likeness (QED) is 0.0446. The highest BCUT2D eigenvalue weighted by Crippen LogP contribution is 2.61. The third kappa shape index (κ3) is 5.48. The van der Waals surface area contributed by atoms with E-state index in [0.717, 1.165) is 56.5 Å². The lowest BCUT2D eigenvalue weighted by Gasteiger charge is -2.45. The molecule has 3 aliphatic carbocycles. The molecule has 0 saturated carbocycles. The van der Waals surface area contributed by atoms with E-state index in [1.165, 1.54) is 48.5 Å². The first-order chi connectivity index (χ1) is 26.0. The number of nitro groups is 2. The highest BCUT2D eigenvalue weighted by Gasteiger charge is 2.63. The number of ether oxygens (including phenoxy) is 1. The van der Waals surface area contributed by atoms with Crippen LogP contribution in [0.25, 0.3) is 0 Å². The van der Waals surface area contributed by atoms with Gasteiger partial charge in [0.05, 0.1) is 27.2 Å². The van der Waals surface area contributed by atoms with Crippen LogP contribution in [0.4, 0.5) is 11.4 Å². The zero-order chi connectivity index (χ0) is 37.8. The molecule has 14 nitrogen and oxygen atoms in total. The minimum absolute atomic E-state index is 0.0531. The third-order valence-corrected chi connectivity index (χ3v) is 10.2. The van der Waals surface area contributed by atoms with E-state index in [2.05, 4.69) is 0 Å². The fourth-order valence-electron chi connectivity index (χ4n) is 7.83. The van der Waals surface area contributed by atoms with Gasteiger partial charge in [-0.25, -0.2) is 9.80 Å². The van der Waals surface area contributed by atoms with Crippen molar-refractivity contribution in [3.63, 3.8) is 0 Å². The van der Waals surface area contributed by atoms with Crippen molar-refractivity contribution >= 4 is 40.8 Å². The molecule has 266 valence electrons. The molecule has 14 heteroatoms. The van der Waals surface area contributed by atoms with E-state index in [1.807, 2.05) is 48.5 Å². The van der Waals surface area contributed by atoms with Crippen molar-refractivity contribution in [1.82, 2.24) is 10.0 Å². The van der Waals surface area contributed by atoms with Crippen LogP contribution in [-0.2, 0) is 9.59 Å². The molecular formula is C40H26N4O10. The van der Waals surface area contributed by atoms with E-state index in [0.29, 0.717) is 0 Å². The number of carbonyl (C=O) groups excluding carboxylic acids is 5. The molecule has 1 aliphatic heterocycles. The first kappa shape index (κ1) is 33.8. The number of amides is 3. The summed E-state index contributed by atoms with van der Waals surface area (Å²) in [5.41, 5.74) is 3.22. The number of hydrogen-bond acceptors (Lipinski definition) is 10. The molecule has 0 unspecified atom stereocenters. The summed E-state index contributed by atoms with van der Waals surface area (Å²) in [6.45, 7) is -0.746. The van der Waals surface area contributed by atoms with Crippen LogP contribution in [0.15, 0.2) is 121 Å². The molecule has 5 aromatic carbocycles. The van der Waals surface area contributed by atoms with Crippen molar-refractivity contribution in [2.75, 3.05) is 6.54 Å². The second-order valence-electron chi connectivity index (χ2n) is 13.1. The smallest absolute Gasteiger partial charge is 0.343 e. The summed E-state index contributed by atoms with van der Waals surface area (Å²) in [5, 5.41) is 23.8. The molecular weight excluding hydrogens is 696 g/mol. The molecule has 0 spiro atoms. The molecule has 1 saturated heterocycles. The molecule has 9 rings (SSSR count). The fraction of sp³-hybridized carbons (Fsp3) is 0.125. The Balaban J connectivity index is 1.10. The van der Waals surface area contributed by atoms with Gasteiger partial charge >= 0.3 is 5.97 Å². The molecule has 4 aliphatic rings. The number of esters is 1. The molecule has 1 heterocycles. The number of hydrogen-bond donors (Lipinski definition) is 0. The first-order valence-electron chi connectivity index (χ1n) is 16.7. The summed E-state index contributed by atoms with van der Waals surface area (Å²) in [7, 11) is 0. The summed E-state index contributed by atoms with van der Waals surface area (Å²) >= 11 is 0. The molecule has 54 heavy (non-hydrogen) atoms. The monoisotopic (exact) mass is 722 g/mol. The Kier molecular flexibility index (Phi) is 8.13. The average molecular weight is 723 g/mol. The van der Waals surface area contributed by atoms with Gasteiger partial charge < -0.3 is 4.74 Å². The van der Waals surface area contributed by atoms with Crippen molar-refractivity contribution in [3.8, 4) is 5.75 Å². The predicted octanol–water partition coefficient (Wildman–Crippen LogP) is 5.85. The second-order valence-corrected chi connectivity index (χ2v) is 13.1. The average Bonchev–Trinajstić information content (AvgIpc) is 3.46. The number of Topliss-reactive ketones (excluding diaryl/α,β-unsaturated/α-hetero) is 1. The largest absolute Gasteiger partial charge is 0.423 e. The number of benzene rings is 5. The molecule has 2 bridgehead atoms. The van der Waals surface area contributed by atoms with Crippen molar-refractivity contribution < 1.29 is 38.6 Å². The Bertz CT molecular complexity index is 2310. The predicted molar refractivity (Wildman–Crippen MR) is 188 cm³/mol. The number of rotatable bonds is 9. The van der Waals surface area contributed by atoms with Crippen molar-refractivity contribution in [2.24, 2.45) is 11.8 Å². The summed E-state index contributed by atoms with van der Waals surface area (Å²) in [6.07, 6.45) is 0. The zero-order valence-corrected chi connectivity index (χ0v) is 27.9. The Hall–Kier alpha value is -7.35. The van der Waals surface area contributed by atoms with Crippen LogP contribution in [0.2, 0.25) is 0 Å². The van der Waals surface area contributed by atoms with Gasteiger partial charge in [-0.15, -0.1) is 0 Å². The standard InChI is InChI=1S/C40H26N4O10/c45-32(22-13-19-27(20-14-22)54-40(49)24-11-17-26(18-12-24)44(52)53)21-41(37(46)23-9-15-25(16-10-23)43(50)51)42-38(47)35-33-28-5-1-2-6-29(28)34(36(35)39(42)48)31-8-4-3-7-30(31)33/h1-20,33-36H,21H2/t33?,34?,35-,36+. The van der Waals surface area contributed by atoms with E-state index in [1.54, 1.807) is 0 Å². The zero-order valence-electron chi connectivity index (χ0n) is 27.9. The highest BCUT2D eigenvalue weighted by atomic mass is 16.6. The third-order valence-electron chi connectivity index (χ3n) is 10.2. The molecule has 3 amide bonds. The van der Waals surface area contributed by atoms with Gasteiger partial charge in [-0.2, -0.15) is 5.01 Å². The van der Waals surface area contributed by atoms with Gasteiger partial charge in [0.15, 0.2) is 5.78 Å². The van der Waals surface area contributed by atoms with Crippen molar-refractivity contribution in [3.05, 3.63) is 181 Å². The Morgan fingerprint density at radius 2 is 1.00 bits per heavy atom. The molecule has 0 aromatic heterocycles. The van der Waals surface area contributed by atoms with E-state index in [4.69, 9.17) is 4.74 Å². The van der Waals surface area contributed by atoms with Crippen LogP contribution in [0, 0.1) is 32.1 Å². The van der Waals surface area contributed by atoms with Crippen LogP contribution >= 0.6 is 0 Å². The van der Waals surface area contributed by atoms with Gasteiger partial charge in [0, 0.05) is 47.2 Å². The van der Waals surface area contributed by atoms with E-state index >= 15 is 0 Å². The van der Waals surface area contributed by atoms with Crippen LogP contribution in [0.3, 0.4) is 0 Å². The highest BCUT2D eigenvalue weighted by molar-refractivity contribution is 6.11. The van der Waals surface area contributed by atoms with E-state index in [9.17, 15) is 44.2 Å². The van der Waals surface area contributed by atoms with Crippen molar-refractivity contribution in [2.45, 2.75) is 11.8 Å². The number of ketones is 1. The van der Waals surface area contributed by atoms with Gasteiger partial charge in [-0.3, -0.25) is 39.4 Å². The lowest BCUT2D eigenvalue weighted by atomic mass is 9.55. The van der Waals surface area contributed by atoms with Gasteiger partial charge in [0.1, 0.15) is 12.3 Å². The molecule has 1 fully saturated rings. The van der Waals surface area contributed by atoms with E-state index in [-0.39, 0.29) is 33.8 Å². The number of nitro benzene ring substituents is 2. The molecule has 0 N–H and O–H groups in total. The van der Waals surface area contributed by atoms with Gasteiger partial charge in [-0.1, -0.05) is 48.5 Å². The summed E-state index contributed by atoms with van der Waals surface area (Å²) in [6, 6.07) is 30.1. The maximum Gasteiger partial charge on any atom is 0.343 e. The second kappa shape index (κ2) is 13.0. The topological polar surface area (TPSA) is 187 Å². The minimum atomic E-state index is -0.894. The van der Waals surface area contributed by atoms with Gasteiger partial charge in [-0.05, 0) is 70.8 Å². The number of carbonyl (C=O) groups is 5. The number of hydrazine groups is 1. The fourth-order valence-corrected chi connectivity index (χ4v) is 7.83. The Labute approximate surface area is 305 Å². The first-order valence-corrected chi connectivity index (χ1v) is 16.7.